The summed E-state index contributed by atoms with van der Waals surface area (Å²) in [5, 5.41) is 5.20. The molecule has 0 aliphatic carbocycles. The standard InChI is InChI=1S/C18H18N4OS/c23-17(22-9-4-5-10-22)15-16-14(8-11-24-16)20-18(21-15)19-12-13-6-2-1-3-7-13/h1-3,6-8,11H,4-5,9-10,12H2,(H,19,20,21). The number of hydrogen-bond donors (Lipinski definition) is 1. The zero-order chi connectivity index (χ0) is 16.4. The Balaban J connectivity index is 1.63. The number of carbonyl (C=O) groups excluding carboxylic acids is 1. The van der Waals surface area contributed by atoms with E-state index in [0.717, 1.165) is 41.7 Å². The molecule has 1 aliphatic heterocycles. The maximum Gasteiger partial charge on any atom is 0.274 e. The first-order valence-electron chi connectivity index (χ1n) is 8.13. The molecule has 122 valence electrons. The van der Waals surface area contributed by atoms with Gasteiger partial charge in [-0.2, -0.15) is 0 Å². The summed E-state index contributed by atoms with van der Waals surface area (Å²) in [5.41, 5.74) is 2.50. The minimum atomic E-state index is 0.0186. The minimum absolute atomic E-state index is 0.0186. The highest BCUT2D eigenvalue weighted by molar-refractivity contribution is 7.17. The fourth-order valence-corrected chi connectivity index (χ4v) is 3.75. The molecule has 0 spiro atoms. The molecule has 1 N–H and O–H groups in total. The summed E-state index contributed by atoms with van der Waals surface area (Å²) in [6, 6.07) is 12.0. The molecule has 1 saturated heterocycles. The van der Waals surface area contributed by atoms with Gasteiger partial charge in [0.2, 0.25) is 5.95 Å². The van der Waals surface area contributed by atoms with Crippen molar-refractivity contribution in [3.05, 3.63) is 53.0 Å². The number of likely N-dealkylation sites (tertiary alicyclic amines) is 1. The van der Waals surface area contributed by atoms with Gasteiger partial charge in [0.15, 0.2) is 5.69 Å². The topological polar surface area (TPSA) is 58.1 Å². The van der Waals surface area contributed by atoms with Crippen LogP contribution in [-0.4, -0.2) is 33.9 Å². The Hall–Kier alpha value is -2.47. The lowest BCUT2D eigenvalue weighted by Crippen LogP contribution is -2.28. The molecule has 1 fully saturated rings. The highest BCUT2D eigenvalue weighted by atomic mass is 32.1. The normalized spacial score (nSPS) is 14.2. The number of hydrogen-bond acceptors (Lipinski definition) is 5. The van der Waals surface area contributed by atoms with Crippen LogP contribution in [0.3, 0.4) is 0 Å². The number of nitrogens with zero attached hydrogens (tertiary/aromatic N) is 3. The van der Waals surface area contributed by atoms with E-state index in [1.807, 2.05) is 46.7 Å². The van der Waals surface area contributed by atoms with Crippen molar-refractivity contribution in [2.24, 2.45) is 0 Å². The van der Waals surface area contributed by atoms with Crippen LogP contribution < -0.4 is 5.32 Å². The van der Waals surface area contributed by atoms with Crippen LogP contribution in [0.4, 0.5) is 5.95 Å². The van der Waals surface area contributed by atoms with Gasteiger partial charge in [0.25, 0.3) is 5.91 Å². The maximum atomic E-state index is 12.8. The number of nitrogens with one attached hydrogen (secondary N) is 1. The molecule has 3 aromatic rings. The van der Waals surface area contributed by atoms with Crippen LogP contribution in [0.25, 0.3) is 10.2 Å². The summed E-state index contributed by atoms with van der Waals surface area (Å²) < 4.78 is 0.872. The van der Waals surface area contributed by atoms with Crippen molar-refractivity contribution in [3.63, 3.8) is 0 Å². The lowest BCUT2D eigenvalue weighted by atomic mass is 10.2. The van der Waals surface area contributed by atoms with Crippen molar-refractivity contribution in [2.75, 3.05) is 18.4 Å². The Bertz CT molecular complexity index is 856. The van der Waals surface area contributed by atoms with Gasteiger partial charge in [0, 0.05) is 19.6 Å². The zero-order valence-corrected chi connectivity index (χ0v) is 14.1. The Kier molecular flexibility index (Phi) is 4.13. The predicted octanol–water partition coefficient (Wildman–Crippen LogP) is 3.54. The predicted molar refractivity (Wildman–Crippen MR) is 96.3 cm³/mol. The maximum absolute atomic E-state index is 12.8. The van der Waals surface area contributed by atoms with Gasteiger partial charge in [0.1, 0.15) is 0 Å². The van der Waals surface area contributed by atoms with Gasteiger partial charge in [-0.05, 0) is 29.9 Å². The van der Waals surface area contributed by atoms with Gasteiger partial charge < -0.3 is 10.2 Å². The molecule has 1 aliphatic rings. The van der Waals surface area contributed by atoms with E-state index in [4.69, 9.17) is 0 Å². The first kappa shape index (κ1) is 15.1. The van der Waals surface area contributed by atoms with E-state index in [1.54, 1.807) is 0 Å². The molecule has 24 heavy (non-hydrogen) atoms. The van der Waals surface area contributed by atoms with Crippen LogP contribution in [0.15, 0.2) is 41.8 Å². The second kappa shape index (κ2) is 6.57. The summed E-state index contributed by atoms with van der Waals surface area (Å²) in [6.07, 6.45) is 2.15. The van der Waals surface area contributed by atoms with Crippen LogP contribution in [0.2, 0.25) is 0 Å². The highest BCUT2D eigenvalue weighted by Crippen LogP contribution is 2.25. The monoisotopic (exact) mass is 338 g/mol. The zero-order valence-electron chi connectivity index (χ0n) is 13.2. The molecule has 2 aromatic heterocycles. The molecule has 1 amide bonds. The van der Waals surface area contributed by atoms with E-state index >= 15 is 0 Å². The molecular formula is C18H18N4OS. The second-order valence-corrected chi connectivity index (χ2v) is 6.79. The van der Waals surface area contributed by atoms with E-state index in [2.05, 4.69) is 15.3 Å². The van der Waals surface area contributed by atoms with Gasteiger partial charge >= 0.3 is 0 Å². The molecule has 4 rings (SSSR count). The largest absolute Gasteiger partial charge is 0.350 e. The van der Waals surface area contributed by atoms with E-state index in [0.29, 0.717) is 18.2 Å². The third-order valence-electron chi connectivity index (χ3n) is 4.19. The fourth-order valence-electron chi connectivity index (χ4n) is 2.93. The summed E-state index contributed by atoms with van der Waals surface area (Å²) in [5.74, 6) is 0.525. The van der Waals surface area contributed by atoms with Crippen LogP contribution in [-0.2, 0) is 6.54 Å². The van der Waals surface area contributed by atoms with E-state index in [-0.39, 0.29) is 5.91 Å². The number of aromatic nitrogens is 2. The molecule has 3 heterocycles. The first-order valence-corrected chi connectivity index (χ1v) is 9.01. The lowest BCUT2D eigenvalue weighted by molar-refractivity contribution is 0.0789. The van der Waals surface area contributed by atoms with Crippen molar-refractivity contribution >= 4 is 33.4 Å². The number of benzene rings is 1. The molecule has 6 heteroatoms. The second-order valence-electron chi connectivity index (χ2n) is 5.87. The number of anilines is 1. The number of rotatable bonds is 4. The molecule has 1 aromatic carbocycles. The van der Waals surface area contributed by atoms with Crippen molar-refractivity contribution in [1.82, 2.24) is 14.9 Å². The lowest BCUT2D eigenvalue weighted by Gasteiger charge is -2.15. The van der Waals surface area contributed by atoms with Gasteiger partial charge in [-0.25, -0.2) is 9.97 Å². The Labute approximate surface area is 144 Å². The number of carbonyl (C=O) groups is 1. The van der Waals surface area contributed by atoms with Crippen molar-refractivity contribution in [2.45, 2.75) is 19.4 Å². The molecule has 0 radical (unpaired) electrons. The summed E-state index contributed by atoms with van der Waals surface area (Å²) in [4.78, 5) is 23.8. The van der Waals surface area contributed by atoms with Crippen LogP contribution in [0.5, 0.6) is 0 Å². The van der Waals surface area contributed by atoms with Crippen LogP contribution >= 0.6 is 11.3 Å². The summed E-state index contributed by atoms with van der Waals surface area (Å²) in [7, 11) is 0. The summed E-state index contributed by atoms with van der Waals surface area (Å²) >= 11 is 1.52. The van der Waals surface area contributed by atoms with Gasteiger partial charge in [-0.1, -0.05) is 30.3 Å². The van der Waals surface area contributed by atoms with Crippen molar-refractivity contribution < 1.29 is 4.79 Å². The molecular weight excluding hydrogens is 320 g/mol. The third-order valence-corrected chi connectivity index (χ3v) is 5.10. The minimum Gasteiger partial charge on any atom is -0.350 e. The number of amides is 1. The van der Waals surface area contributed by atoms with Crippen LogP contribution in [0, 0.1) is 0 Å². The third kappa shape index (κ3) is 2.97. The molecule has 0 bridgehead atoms. The Morgan fingerprint density at radius 2 is 1.92 bits per heavy atom. The number of fused-ring (bicyclic) bond motifs is 1. The molecule has 0 saturated carbocycles. The van der Waals surface area contributed by atoms with E-state index in [9.17, 15) is 4.79 Å². The average Bonchev–Trinajstić information content (AvgIpc) is 3.31. The quantitative estimate of drug-likeness (QED) is 0.790. The Morgan fingerprint density at radius 3 is 2.71 bits per heavy atom. The fraction of sp³-hybridized carbons (Fsp3) is 0.278. The highest BCUT2D eigenvalue weighted by Gasteiger charge is 2.24. The molecule has 5 nitrogen and oxygen atoms in total. The Morgan fingerprint density at radius 1 is 1.12 bits per heavy atom. The number of thiophene rings is 1. The van der Waals surface area contributed by atoms with Crippen molar-refractivity contribution in [3.8, 4) is 0 Å². The van der Waals surface area contributed by atoms with E-state index in [1.165, 1.54) is 11.3 Å². The SMILES string of the molecule is O=C(c1nc(NCc2ccccc2)nc2ccsc12)N1CCCC1. The van der Waals surface area contributed by atoms with Gasteiger partial charge in [0.05, 0.1) is 10.2 Å². The molecule has 0 unspecified atom stereocenters. The summed E-state index contributed by atoms with van der Waals surface area (Å²) in [6.45, 7) is 2.28. The first-order chi connectivity index (χ1) is 11.8. The van der Waals surface area contributed by atoms with E-state index < -0.39 is 0 Å². The van der Waals surface area contributed by atoms with Crippen LogP contribution in [0.1, 0.15) is 28.9 Å². The van der Waals surface area contributed by atoms with Crippen molar-refractivity contribution in [1.29, 1.82) is 0 Å². The van der Waals surface area contributed by atoms with Gasteiger partial charge in [-0.15, -0.1) is 11.3 Å². The molecule has 0 atom stereocenters. The average molecular weight is 338 g/mol. The van der Waals surface area contributed by atoms with Gasteiger partial charge in [-0.3, -0.25) is 4.79 Å². The smallest absolute Gasteiger partial charge is 0.274 e.